The predicted molar refractivity (Wildman–Crippen MR) is 63.5 cm³/mol. The van der Waals surface area contributed by atoms with Crippen molar-refractivity contribution in [2.24, 2.45) is 0 Å². The summed E-state index contributed by atoms with van der Waals surface area (Å²) in [5.41, 5.74) is -1.13. The molecule has 1 amide bonds. The average molecular weight is 312 g/mol. The number of aromatic nitrogens is 1. The maximum Gasteiger partial charge on any atom is 0.390 e. The SMILES string of the molecule is CN(CCC(F)(F)F)C(=O)c1ccnc(Cl)c1[N+](=O)[O-]. The van der Waals surface area contributed by atoms with E-state index in [2.05, 4.69) is 4.98 Å². The van der Waals surface area contributed by atoms with Gasteiger partial charge < -0.3 is 4.90 Å². The molecule has 0 aliphatic carbocycles. The van der Waals surface area contributed by atoms with Crippen LogP contribution in [0.1, 0.15) is 16.8 Å². The molecule has 0 saturated heterocycles. The van der Waals surface area contributed by atoms with Crippen LogP contribution in [0.5, 0.6) is 0 Å². The van der Waals surface area contributed by atoms with E-state index in [1.807, 2.05) is 0 Å². The minimum atomic E-state index is -4.42. The van der Waals surface area contributed by atoms with Gasteiger partial charge in [-0.2, -0.15) is 13.2 Å². The number of hydrogen-bond donors (Lipinski definition) is 0. The Morgan fingerprint density at radius 2 is 2.15 bits per heavy atom. The number of carbonyl (C=O) groups is 1. The molecule has 6 nitrogen and oxygen atoms in total. The number of alkyl halides is 3. The fourth-order valence-corrected chi connectivity index (χ4v) is 1.60. The van der Waals surface area contributed by atoms with Gasteiger partial charge in [-0.1, -0.05) is 11.6 Å². The smallest absolute Gasteiger partial charge is 0.341 e. The van der Waals surface area contributed by atoms with Crippen molar-refractivity contribution >= 4 is 23.2 Å². The topological polar surface area (TPSA) is 76.3 Å². The molecule has 10 heteroatoms. The third kappa shape index (κ3) is 4.05. The fraction of sp³-hybridized carbons (Fsp3) is 0.400. The van der Waals surface area contributed by atoms with Gasteiger partial charge in [0.15, 0.2) is 0 Å². The van der Waals surface area contributed by atoms with Crippen LogP contribution in [0.4, 0.5) is 18.9 Å². The average Bonchev–Trinajstić information content (AvgIpc) is 2.33. The summed E-state index contributed by atoms with van der Waals surface area (Å²) in [6, 6.07) is 1.04. The Balaban J connectivity index is 2.98. The molecule has 1 aromatic heterocycles. The van der Waals surface area contributed by atoms with E-state index in [-0.39, 0.29) is 0 Å². The first-order valence-corrected chi connectivity index (χ1v) is 5.62. The highest BCUT2D eigenvalue weighted by Gasteiger charge is 2.31. The minimum absolute atomic E-state index is 0.403. The Bertz CT molecular complexity index is 536. The summed E-state index contributed by atoms with van der Waals surface area (Å²) in [5.74, 6) is -0.926. The molecule has 1 rings (SSSR count). The standard InChI is InChI=1S/C10H9ClF3N3O3/c1-16(5-3-10(12,13)14)9(18)6-2-4-15-8(11)7(6)17(19)20/h2,4H,3,5H2,1H3. The molecule has 0 saturated carbocycles. The lowest BCUT2D eigenvalue weighted by Gasteiger charge is -2.18. The first kappa shape index (κ1) is 16.2. The first-order valence-electron chi connectivity index (χ1n) is 5.24. The number of pyridine rings is 1. The number of halogens is 4. The molecule has 0 N–H and O–H groups in total. The summed E-state index contributed by atoms with van der Waals surface area (Å²) in [6.45, 7) is -0.612. The van der Waals surface area contributed by atoms with E-state index in [0.29, 0.717) is 0 Å². The molecule has 0 fully saturated rings. The number of carbonyl (C=O) groups excluding carboxylic acids is 1. The summed E-state index contributed by atoms with van der Waals surface area (Å²) < 4.78 is 36.2. The molecule has 110 valence electrons. The van der Waals surface area contributed by atoms with Gasteiger partial charge in [0.1, 0.15) is 5.56 Å². The molecule has 1 heterocycles. The van der Waals surface area contributed by atoms with Crippen molar-refractivity contribution in [1.82, 2.24) is 9.88 Å². The Labute approximate surface area is 116 Å². The summed E-state index contributed by atoms with van der Waals surface area (Å²) >= 11 is 5.52. The highest BCUT2D eigenvalue weighted by atomic mass is 35.5. The largest absolute Gasteiger partial charge is 0.390 e. The molecule has 0 spiro atoms. The van der Waals surface area contributed by atoms with E-state index in [1.54, 1.807) is 0 Å². The summed E-state index contributed by atoms with van der Waals surface area (Å²) in [5, 5.41) is 10.3. The third-order valence-electron chi connectivity index (χ3n) is 2.37. The number of hydrogen-bond acceptors (Lipinski definition) is 4. The van der Waals surface area contributed by atoms with Crippen LogP contribution < -0.4 is 0 Å². The molecule has 0 bridgehead atoms. The van der Waals surface area contributed by atoms with Crippen molar-refractivity contribution in [2.45, 2.75) is 12.6 Å². The van der Waals surface area contributed by atoms with E-state index in [1.165, 1.54) is 0 Å². The van der Waals surface area contributed by atoms with E-state index in [0.717, 1.165) is 24.2 Å². The zero-order chi connectivity index (χ0) is 15.5. The van der Waals surface area contributed by atoms with Gasteiger partial charge in [-0.3, -0.25) is 14.9 Å². The Morgan fingerprint density at radius 3 is 2.65 bits per heavy atom. The van der Waals surface area contributed by atoms with Crippen molar-refractivity contribution in [3.63, 3.8) is 0 Å². The number of nitro groups is 1. The minimum Gasteiger partial charge on any atom is -0.341 e. The highest BCUT2D eigenvalue weighted by Crippen LogP contribution is 2.27. The van der Waals surface area contributed by atoms with Gasteiger partial charge in [0.25, 0.3) is 5.91 Å². The molecule has 0 unspecified atom stereocenters. The monoisotopic (exact) mass is 311 g/mol. The van der Waals surface area contributed by atoms with Gasteiger partial charge >= 0.3 is 11.9 Å². The molecule has 0 aliphatic heterocycles. The van der Waals surface area contributed by atoms with Crippen molar-refractivity contribution in [3.8, 4) is 0 Å². The van der Waals surface area contributed by atoms with Crippen molar-refractivity contribution < 1.29 is 22.9 Å². The van der Waals surface area contributed by atoms with Crippen molar-refractivity contribution in [3.05, 3.63) is 33.1 Å². The van der Waals surface area contributed by atoms with Crippen LogP contribution in [0, 0.1) is 10.1 Å². The van der Waals surface area contributed by atoms with Gasteiger partial charge in [-0.15, -0.1) is 0 Å². The van der Waals surface area contributed by atoms with Gasteiger partial charge in [0.2, 0.25) is 5.15 Å². The molecule has 0 aromatic carbocycles. The van der Waals surface area contributed by atoms with E-state index < -0.39 is 46.4 Å². The number of amides is 1. The van der Waals surface area contributed by atoms with Gasteiger partial charge in [-0.05, 0) is 6.07 Å². The van der Waals surface area contributed by atoms with E-state index in [9.17, 15) is 28.1 Å². The lowest BCUT2D eigenvalue weighted by molar-refractivity contribution is -0.385. The van der Waals surface area contributed by atoms with Crippen LogP contribution >= 0.6 is 11.6 Å². The lowest BCUT2D eigenvalue weighted by Crippen LogP contribution is -2.31. The van der Waals surface area contributed by atoms with Crippen LogP contribution in [-0.2, 0) is 0 Å². The second kappa shape index (κ2) is 6.04. The number of rotatable bonds is 4. The van der Waals surface area contributed by atoms with Crippen molar-refractivity contribution in [1.29, 1.82) is 0 Å². The Morgan fingerprint density at radius 1 is 1.55 bits per heavy atom. The maximum atomic E-state index is 12.1. The zero-order valence-electron chi connectivity index (χ0n) is 10.1. The normalized spacial score (nSPS) is 11.2. The van der Waals surface area contributed by atoms with E-state index >= 15 is 0 Å². The molecule has 20 heavy (non-hydrogen) atoms. The zero-order valence-corrected chi connectivity index (χ0v) is 10.9. The van der Waals surface area contributed by atoms with Gasteiger partial charge in [0, 0.05) is 19.8 Å². The van der Waals surface area contributed by atoms with Crippen molar-refractivity contribution in [2.75, 3.05) is 13.6 Å². The van der Waals surface area contributed by atoms with Crippen LogP contribution in [-0.4, -0.2) is 40.5 Å². The van der Waals surface area contributed by atoms with Crippen LogP contribution in [0.15, 0.2) is 12.3 Å². The second-order valence-corrected chi connectivity index (χ2v) is 4.20. The molecule has 0 radical (unpaired) electrons. The van der Waals surface area contributed by atoms with Crippen LogP contribution in [0.2, 0.25) is 5.15 Å². The quantitative estimate of drug-likeness (QED) is 0.486. The molecule has 0 atom stereocenters. The van der Waals surface area contributed by atoms with Gasteiger partial charge in [0.05, 0.1) is 11.3 Å². The summed E-state index contributed by atoms with van der Waals surface area (Å²) in [7, 11) is 1.12. The highest BCUT2D eigenvalue weighted by molar-refractivity contribution is 6.32. The maximum absolute atomic E-state index is 12.1. The molecule has 0 aliphatic rings. The molecular formula is C10H9ClF3N3O3. The fourth-order valence-electron chi connectivity index (χ4n) is 1.38. The third-order valence-corrected chi connectivity index (χ3v) is 2.65. The Kier molecular flexibility index (Phi) is 4.88. The van der Waals surface area contributed by atoms with Crippen LogP contribution in [0.25, 0.3) is 0 Å². The lowest BCUT2D eigenvalue weighted by atomic mass is 10.2. The summed E-state index contributed by atoms with van der Waals surface area (Å²) in [6.07, 6.45) is -4.56. The summed E-state index contributed by atoms with van der Waals surface area (Å²) in [4.78, 5) is 26.0. The van der Waals surface area contributed by atoms with Crippen LogP contribution in [0.3, 0.4) is 0 Å². The first-order chi connectivity index (χ1) is 9.13. The molecular weight excluding hydrogens is 303 g/mol. The van der Waals surface area contributed by atoms with E-state index in [4.69, 9.17) is 11.6 Å². The number of nitrogens with zero attached hydrogens (tertiary/aromatic N) is 3. The van der Waals surface area contributed by atoms with Gasteiger partial charge in [-0.25, -0.2) is 4.98 Å². The molecule has 1 aromatic rings. The second-order valence-electron chi connectivity index (χ2n) is 3.85. The Hall–Kier alpha value is -1.90. The predicted octanol–water partition coefficient (Wildman–Crippen LogP) is 2.67.